The Balaban J connectivity index is 5.18. The Bertz CT molecular complexity index is 1910. The first-order valence-electron chi connectivity index (χ1n) is 40.3. The van der Waals surface area contributed by atoms with E-state index in [1.165, 1.54) is 193 Å². The van der Waals surface area contributed by atoms with Crippen molar-refractivity contribution in [1.82, 2.24) is 0 Å². The Morgan fingerprint density at radius 2 is 0.495 bits per heavy atom. The Morgan fingerprint density at radius 1 is 0.289 bits per heavy atom. The summed E-state index contributed by atoms with van der Waals surface area (Å²) in [5.41, 5.74) is 0. The Kier molecular flexibility index (Phi) is 65.9. The van der Waals surface area contributed by atoms with Gasteiger partial charge >= 0.3 is 39.5 Å². The van der Waals surface area contributed by atoms with Gasteiger partial charge in [0.25, 0.3) is 0 Å². The molecule has 0 aromatic heterocycles. The first kappa shape index (κ1) is 95.1. The van der Waals surface area contributed by atoms with Crippen LogP contribution in [0.25, 0.3) is 0 Å². The number of phosphoric ester groups is 2. The molecule has 0 aliphatic heterocycles. The minimum atomic E-state index is -4.96. The summed E-state index contributed by atoms with van der Waals surface area (Å²) in [6.07, 6.45) is 52.8. The maximum atomic E-state index is 13.1. The highest BCUT2D eigenvalue weighted by atomic mass is 31.2. The maximum Gasteiger partial charge on any atom is 0.472 e. The number of carbonyl (C=O) groups is 4. The minimum Gasteiger partial charge on any atom is -0.462 e. The molecule has 576 valence electrons. The van der Waals surface area contributed by atoms with Gasteiger partial charge in [-0.05, 0) is 49.4 Å². The van der Waals surface area contributed by atoms with Crippen LogP contribution in [0, 0.1) is 23.7 Å². The van der Waals surface area contributed by atoms with Gasteiger partial charge in [-0.15, -0.1) is 0 Å². The molecule has 97 heavy (non-hydrogen) atoms. The zero-order valence-electron chi connectivity index (χ0n) is 63.7. The Hall–Kier alpha value is -1.94. The van der Waals surface area contributed by atoms with Gasteiger partial charge in [-0.3, -0.25) is 37.3 Å². The molecular formula is C78H152O17P2. The molecule has 19 heteroatoms. The first-order valence-corrected chi connectivity index (χ1v) is 43.3. The molecule has 0 saturated heterocycles. The molecule has 3 N–H and O–H groups in total. The van der Waals surface area contributed by atoms with Crippen LogP contribution in [0.3, 0.4) is 0 Å². The lowest BCUT2D eigenvalue weighted by atomic mass is 9.99. The van der Waals surface area contributed by atoms with Crippen molar-refractivity contribution < 1.29 is 80.2 Å². The van der Waals surface area contributed by atoms with Crippen molar-refractivity contribution in [3.8, 4) is 0 Å². The average molecular weight is 1420 g/mol. The molecule has 0 aromatic carbocycles. The van der Waals surface area contributed by atoms with Crippen LogP contribution in [0.1, 0.15) is 396 Å². The summed E-state index contributed by atoms with van der Waals surface area (Å²) in [6, 6.07) is 0. The van der Waals surface area contributed by atoms with Crippen LogP contribution in [-0.2, 0) is 65.4 Å². The average Bonchev–Trinajstić information content (AvgIpc) is 1.22. The normalized spacial score (nSPS) is 14.6. The molecule has 0 fully saturated rings. The molecular weight excluding hydrogens is 1270 g/mol. The third kappa shape index (κ3) is 69.5. The predicted octanol–water partition coefficient (Wildman–Crippen LogP) is 22.8. The number of esters is 4. The highest BCUT2D eigenvalue weighted by molar-refractivity contribution is 7.47. The number of hydrogen-bond donors (Lipinski definition) is 3. The standard InChI is InChI=1S/C78H152O17P2/c1-9-70(7)56-48-40-32-26-19-17-15-13-11-12-14-16-18-20-27-34-44-52-60-77(82)95-74(65-89-76(81)59-51-43-37-36-41-49-57-71(8)10-2)67-93-97(86,87)91-63-72(79)62-90-96(84,85)92-66-73(64-88-75(80)58-50-42-33-29-23-25-31-39-47-55-69(5)6)94-78(83)61-53-45-35-28-22-21-24-30-38-46-54-68(3)4/h68-74,79H,9-67H2,1-8H3,(H,84,85)(H,86,87)/t70?,71?,72-,73-,74-/m1/s1. The molecule has 7 atom stereocenters. The Morgan fingerprint density at radius 3 is 0.732 bits per heavy atom. The predicted molar refractivity (Wildman–Crippen MR) is 395 cm³/mol. The summed E-state index contributed by atoms with van der Waals surface area (Å²) >= 11 is 0. The smallest absolute Gasteiger partial charge is 0.462 e. The van der Waals surface area contributed by atoms with Gasteiger partial charge in [0.1, 0.15) is 19.3 Å². The molecule has 0 amide bonds. The number of rotatable bonds is 75. The van der Waals surface area contributed by atoms with Crippen LogP contribution in [0.15, 0.2) is 0 Å². The first-order chi connectivity index (χ1) is 46.7. The van der Waals surface area contributed by atoms with Crippen LogP contribution < -0.4 is 0 Å². The highest BCUT2D eigenvalue weighted by Crippen LogP contribution is 2.45. The Labute approximate surface area is 594 Å². The van der Waals surface area contributed by atoms with Gasteiger partial charge < -0.3 is 33.8 Å². The fourth-order valence-corrected chi connectivity index (χ4v) is 13.4. The van der Waals surface area contributed by atoms with Crippen molar-refractivity contribution in [2.24, 2.45) is 23.7 Å². The molecule has 4 unspecified atom stereocenters. The van der Waals surface area contributed by atoms with Crippen molar-refractivity contribution in [3.63, 3.8) is 0 Å². The van der Waals surface area contributed by atoms with Gasteiger partial charge in [0, 0.05) is 25.7 Å². The van der Waals surface area contributed by atoms with E-state index < -0.39 is 97.5 Å². The van der Waals surface area contributed by atoms with Crippen LogP contribution >= 0.6 is 15.6 Å². The van der Waals surface area contributed by atoms with E-state index in [9.17, 15) is 43.2 Å². The third-order valence-electron chi connectivity index (χ3n) is 18.8. The molecule has 0 heterocycles. The van der Waals surface area contributed by atoms with E-state index in [1.807, 2.05) is 0 Å². The summed E-state index contributed by atoms with van der Waals surface area (Å²) in [6.45, 7) is 14.2. The fourth-order valence-electron chi connectivity index (χ4n) is 11.8. The van der Waals surface area contributed by atoms with Crippen LogP contribution in [-0.4, -0.2) is 96.7 Å². The lowest BCUT2D eigenvalue weighted by molar-refractivity contribution is -0.161. The van der Waals surface area contributed by atoms with Crippen molar-refractivity contribution >= 4 is 39.5 Å². The van der Waals surface area contributed by atoms with E-state index >= 15 is 0 Å². The highest BCUT2D eigenvalue weighted by Gasteiger charge is 2.30. The molecule has 0 rings (SSSR count). The maximum absolute atomic E-state index is 13.1. The van der Waals surface area contributed by atoms with Gasteiger partial charge in [0.15, 0.2) is 12.2 Å². The summed E-state index contributed by atoms with van der Waals surface area (Å²) in [5, 5.41) is 10.6. The van der Waals surface area contributed by atoms with Crippen molar-refractivity contribution in [2.75, 3.05) is 39.6 Å². The fraction of sp³-hybridized carbons (Fsp3) is 0.949. The van der Waals surface area contributed by atoms with Crippen LogP contribution in [0.4, 0.5) is 0 Å². The third-order valence-corrected chi connectivity index (χ3v) is 20.7. The molecule has 0 saturated carbocycles. The van der Waals surface area contributed by atoms with E-state index in [2.05, 4.69) is 55.4 Å². The second kappa shape index (κ2) is 67.2. The second-order valence-electron chi connectivity index (χ2n) is 29.5. The molecule has 0 aromatic rings. The zero-order valence-corrected chi connectivity index (χ0v) is 65.5. The molecule has 17 nitrogen and oxygen atoms in total. The molecule has 0 bridgehead atoms. The van der Waals surface area contributed by atoms with E-state index in [0.29, 0.717) is 25.7 Å². The number of phosphoric acid groups is 2. The van der Waals surface area contributed by atoms with Gasteiger partial charge in [-0.2, -0.15) is 0 Å². The topological polar surface area (TPSA) is 237 Å². The van der Waals surface area contributed by atoms with E-state index in [4.69, 9.17) is 37.0 Å². The number of aliphatic hydroxyl groups excluding tert-OH is 1. The van der Waals surface area contributed by atoms with Gasteiger partial charge in [-0.1, -0.05) is 344 Å². The zero-order chi connectivity index (χ0) is 71.7. The number of hydrogen-bond acceptors (Lipinski definition) is 15. The van der Waals surface area contributed by atoms with Gasteiger partial charge in [-0.25, -0.2) is 9.13 Å². The summed E-state index contributed by atoms with van der Waals surface area (Å²) < 4.78 is 68.6. The number of ether oxygens (including phenoxy) is 4. The monoisotopic (exact) mass is 1420 g/mol. The molecule has 0 aliphatic rings. The lowest BCUT2D eigenvalue weighted by Crippen LogP contribution is -2.30. The number of carbonyl (C=O) groups excluding carboxylic acids is 4. The van der Waals surface area contributed by atoms with Crippen molar-refractivity contribution in [2.45, 2.75) is 414 Å². The lowest BCUT2D eigenvalue weighted by Gasteiger charge is -2.21. The number of aliphatic hydroxyl groups is 1. The van der Waals surface area contributed by atoms with E-state index in [0.717, 1.165) is 120 Å². The molecule has 0 spiro atoms. The summed E-state index contributed by atoms with van der Waals surface area (Å²) in [5.74, 6) is 0.977. The van der Waals surface area contributed by atoms with Gasteiger partial charge in [0.05, 0.1) is 26.4 Å². The van der Waals surface area contributed by atoms with Gasteiger partial charge in [0.2, 0.25) is 0 Å². The quantitative estimate of drug-likeness (QED) is 0.0222. The van der Waals surface area contributed by atoms with Crippen molar-refractivity contribution in [1.29, 1.82) is 0 Å². The largest absolute Gasteiger partial charge is 0.472 e. The van der Waals surface area contributed by atoms with E-state index in [1.54, 1.807) is 0 Å². The molecule has 0 radical (unpaired) electrons. The minimum absolute atomic E-state index is 0.105. The van der Waals surface area contributed by atoms with Crippen LogP contribution in [0.5, 0.6) is 0 Å². The second-order valence-corrected chi connectivity index (χ2v) is 32.4. The summed E-state index contributed by atoms with van der Waals surface area (Å²) in [4.78, 5) is 72.8. The molecule has 0 aliphatic carbocycles. The number of unbranched alkanes of at least 4 members (excludes halogenated alkanes) is 39. The SMILES string of the molecule is CCC(C)CCCCCCCCCCCCCCCCCCCCC(=O)O[C@H](COC(=O)CCCCCCCCC(C)CC)COP(=O)(O)OC[C@H](O)COP(=O)(O)OC[C@@H](COC(=O)CCCCCCCCCCCC(C)C)OC(=O)CCCCCCCCCCCCC(C)C. The summed E-state index contributed by atoms with van der Waals surface area (Å²) in [7, 11) is -9.92. The van der Waals surface area contributed by atoms with E-state index in [-0.39, 0.29) is 25.7 Å². The van der Waals surface area contributed by atoms with Crippen LogP contribution in [0.2, 0.25) is 0 Å². The van der Waals surface area contributed by atoms with Crippen molar-refractivity contribution in [3.05, 3.63) is 0 Å².